The second-order valence-electron chi connectivity index (χ2n) is 4.14. The van der Waals surface area contributed by atoms with E-state index in [0.717, 1.165) is 28.0 Å². The number of ether oxygens (including phenoxy) is 1. The van der Waals surface area contributed by atoms with Crippen LogP contribution in [0.2, 0.25) is 0 Å². The normalized spacial score (nSPS) is 9.44. The minimum atomic E-state index is 0.618. The van der Waals surface area contributed by atoms with Crippen molar-refractivity contribution in [3.8, 4) is 0 Å². The van der Waals surface area contributed by atoms with Crippen LogP contribution in [0, 0.1) is 0 Å². The number of benzene rings is 1. The summed E-state index contributed by atoms with van der Waals surface area (Å²) in [7, 11) is 0. The molecular weight excluding hydrogens is 220 g/mol. The Hall–Kier alpha value is -1.98. The Morgan fingerprint density at radius 2 is 1.83 bits per heavy atom. The van der Waals surface area contributed by atoms with Crippen LogP contribution in [0.3, 0.4) is 0 Å². The summed E-state index contributed by atoms with van der Waals surface area (Å²) in [6.45, 7) is 16.3. The molecule has 0 fully saturated rings. The summed E-state index contributed by atoms with van der Waals surface area (Å²) < 4.78 is 5.44. The monoisotopic (exact) mass is 240 g/mol. The molecule has 1 aromatic carbocycles. The molecule has 0 saturated carbocycles. The Kier molecular flexibility index (Phi) is 5.23. The Labute approximate surface area is 110 Å². The summed E-state index contributed by atoms with van der Waals surface area (Å²) >= 11 is 0. The van der Waals surface area contributed by atoms with Crippen molar-refractivity contribution in [2.24, 2.45) is 0 Å². The maximum Gasteiger partial charge on any atom is 0.142 e. The fourth-order valence-electron chi connectivity index (χ4n) is 1.79. The molecule has 1 heteroatoms. The number of allylic oxidation sites excluding steroid dienone is 2. The molecule has 0 amide bonds. The second-order valence-corrected chi connectivity index (χ2v) is 4.14. The first-order chi connectivity index (χ1) is 8.60. The summed E-state index contributed by atoms with van der Waals surface area (Å²) in [5, 5.41) is 0. The molecule has 1 nitrogen and oxygen atoms in total. The number of rotatable bonds is 6. The lowest BCUT2D eigenvalue weighted by molar-refractivity contribution is 0.226. The molecule has 0 radical (unpaired) electrons. The van der Waals surface area contributed by atoms with E-state index in [1.54, 1.807) is 0 Å². The lowest BCUT2D eigenvalue weighted by atomic mass is 9.94. The second kappa shape index (κ2) is 6.68. The summed E-state index contributed by atoms with van der Waals surface area (Å²) in [5.41, 5.74) is 7.08. The molecule has 0 spiro atoms. The van der Waals surface area contributed by atoms with E-state index in [9.17, 15) is 0 Å². The third-order valence-corrected chi connectivity index (χ3v) is 2.66. The molecule has 0 aromatic heterocycles. The van der Waals surface area contributed by atoms with Crippen molar-refractivity contribution in [2.45, 2.75) is 20.3 Å². The van der Waals surface area contributed by atoms with Gasteiger partial charge in [-0.2, -0.15) is 0 Å². The predicted molar refractivity (Wildman–Crippen MR) is 79.1 cm³/mol. The van der Waals surface area contributed by atoms with Gasteiger partial charge in [-0.05, 0) is 30.5 Å². The molecule has 1 aromatic rings. The van der Waals surface area contributed by atoms with Gasteiger partial charge in [-0.15, -0.1) is 0 Å². The van der Waals surface area contributed by atoms with Crippen LogP contribution in [0.4, 0.5) is 0 Å². The fourth-order valence-corrected chi connectivity index (χ4v) is 1.79. The van der Waals surface area contributed by atoms with Gasteiger partial charge >= 0.3 is 0 Å². The Morgan fingerprint density at radius 1 is 1.22 bits per heavy atom. The van der Waals surface area contributed by atoms with Crippen LogP contribution in [-0.2, 0) is 4.74 Å². The van der Waals surface area contributed by atoms with Crippen molar-refractivity contribution in [2.75, 3.05) is 6.61 Å². The van der Waals surface area contributed by atoms with E-state index in [1.165, 1.54) is 0 Å². The topological polar surface area (TPSA) is 9.23 Å². The average Bonchev–Trinajstić information content (AvgIpc) is 2.38. The minimum absolute atomic E-state index is 0.618. The maximum absolute atomic E-state index is 5.44. The van der Waals surface area contributed by atoms with Crippen LogP contribution in [0.15, 0.2) is 55.5 Å². The van der Waals surface area contributed by atoms with E-state index in [2.05, 4.69) is 37.6 Å². The van der Waals surface area contributed by atoms with Gasteiger partial charge < -0.3 is 4.74 Å². The van der Waals surface area contributed by atoms with Crippen LogP contribution in [0.1, 0.15) is 31.4 Å². The lowest BCUT2D eigenvalue weighted by Crippen LogP contribution is -1.95. The molecule has 0 heterocycles. The first-order valence-corrected chi connectivity index (χ1v) is 6.05. The highest BCUT2D eigenvalue weighted by atomic mass is 16.5. The van der Waals surface area contributed by atoms with Crippen LogP contribution >= 0.6 is 0 Å². The number of hydrogen-bond donors (Lipinski definition) is 0. The van der Waals surface area contributed by atoms with E-state index in [4.69, 9.17) is 4.74 Å². The smallest absolute Gasteiger partial charge is 0.142 e. The molecule has 0 aliphatic carbocycles. The molecular formula is C17H20O. The van der Waals surface area contributed by atoms with Crippen molar-refractivity contribution >= 4 is 11.1 Å². The quantitative estimate of drug-likeness (QED) is 0.511. The highest BCUT2D eigenvalue weighted by molar-refractivity contribution is 5.77. The first-order valence-electron chi connectivity index (χ1n) is 6.05. The van der Waals surface area contributed by atoms with Gasteiger partial charge in [0.25, 0.3) is 0 Å². The van der Waals surface area contributed by atoms with E-state index in [-0.39, 0.29) is 0 Å². The van der Waals surface area contributed by atoms with Crippen LogP contribution in [-0.4, -0.2) is 6.61 Å². The molecule has 0 atom stereocenters. The van der Waals surface area contributed by atoms with Crippen molar-refractivity contribution in [1.82, 2.24) is 0 Å². The zero-order valence-corrected chi connectivity index (χ0v) is 11.3. The zero-order valence-electron chi connectivity index (χ0n) is 11.3. The highest BCUT2D eigenvalue weighted by Gasteiger charge is 2.08. The number of hydrogen-bond acceptors (Lipinski definition) is 1. The Bertz CT molecular complexity index is 502. The molecule has 0 aliphatic rings. The van der Waals surface area contributed by atoms with Crippen molar-refractivity contribution in [1.29, 1.82) is 0 Å². The van der Waals surface area contributed by atoms with Crippen molar-refractivity contribution in [3.63, 3.8) is 0 Å². The van der Waals surface area contributed by atoms with Gasteiger partial charge in [0.15, 0.2) is 0 Å². The Balaban J connectivity index is 2.98. The summed E-state index contributed by atoms with van der Waals surface area (Å²) in [6.07, 6.45) is 0.627. The standard InChI is InChI=1S/C17H20O/c1-6-15(18-7-2)12-14(5)17-11-9-8-10-16(17)13(3)4/h8-11H,1,3,5,7,12H2,2,4H3. The van der Waals surface area contributed by atoms with Crippen molar-refractivity contribution < 1.29 is 4.74 Å². The Morgan fingerprint density at radius 3 is 2.33 bits per heavy atom. The van der Waals surface area contributed by atoms with E-state index < -0.39 is 0 Å². The third kappa shape index (κ3) is 3.51. The summed E-state index contributed by atoms with van der Waals surface area (Å²) in [6, 6.07) is 8.12. The SMILES string of the molecule is C=C=C(CC(=C)c1ccccc1C(=C)C)OCC. The van der Waals surface area contributed by atoms with Crippen LogP contribution < -0.4 is 0 Å². The molecule has 0 aliphatic heterocycles. The summed E-state index contributed by atoms with van der Waals surface area (Å²) in [4.78, 5) is 0. The molecule has 94 valence electrons. The average molecular weight is 240 g/mol. The zero-order chi connectivity index (χ0) is 13.5. The fraction of sp³-hybridized carbons (Fsp3) is 0.235. The maximum atomic E-state index is 5.44. The van der Waals surface area contributed by atoms with Gasteiger partial charge in [0.1, 0.15) is 5.76 Å². The van der Waals surface area contributed by atoms with Crippen LogP contribution in [0.25, 0.3) is 11.1 Å². The first kappa shape index (κ1) is 14.1. The summed E-state index contributed by atoms with van der Waals surface area (Å²) in [5.74, 6) is 0.735. The van der Waals surface area contributed by atoms with Gasteiger partial charge in [0.2, 0.25) is 0 Å². The molecule has 18 heavy (non-hydrogen) atoms. The van der Waals surface area contributed by atoms with E-state index in [1.807, 2.05) is 26.0 Å². The lowest BCUT2D eigenvalue weighted by Gasteiger charge is -2.13. The molecule has 0 saturated heterocycles. The van der Waals surface area contributed by atoms with Gasteiger partial charge in [-0.1, -0.05) is 55.3 Å². The van der Waals surface area contributed by atoms with Crippen molar-refractivity contribution in [3.05, 3.63) is 66.6 Å². The predicted octanol–water partition coefficient (Wildman–Crippen LogP) is 4.83. The highest BCUT2D eigenvalue weighted by Crippen LogP contribution is 2.27. The van der Waals surface area contributed by atoms with E-state index >= 15 is 0 Å². The van der Waals surface area contributed by atoms with Gasteiger partial charge in [-0.3, -0.25) is 0 Å². The van der Waals surface area contributed by atoms with Gasteiger partial charge in [-0.25, -0.2) is 0 Å². The largest absolute Gasteiger partial charge is 0.490 e. The van der Waals surface area contributed by atoms with Gasteiger partial charge in [0.05, 0.1) is 6.61 Å². The van der Waals surface area contributed by atoms with Gasteiger partial charge in [0, 0.05) is 6.42 Å². The third-order valence-electron chi connectivity index (χ3n) is 2.66. The minimum Gasteiger partial charge on any atom is -0.490 e. The molecule has 0 N–H and O–H groups in total. The molecule has 0 bridgehead atoms. The molecule has 0 unspecified atom stereocenters. The molecule has 1 rings (SSSR count). The van der Waals surface area contributed by atoms with E-state index in [0.29, 0.717) is 13.0 Å². The van der Waals surface area contributed by atoms with Crippen LogP contribution in [0.5, 0.6) is 0 Å².